The third kappa shape index (κ3) is 6.68. The average molecular weight is 342 g/mol. The molecular formula is C14H20BrN3O2. The van der Waals surface area contributed by atoms with Crippen LogP contribution in [0.5, 0.6) is 0 Å². The first kappa shape index (κ1) is 16.7. The van der Waals surface area contributed by atoms with Crippen molar-refractivity contribution < 1.29 is 9.59 Å². The largest absolute Gasteiger partial charge is 0.369 e. The van der Waals surface area contributed by atoms with Crippen LogP contribution in [0, 0.1) is 0 Å². The van der Waals surface area contributed by atoms with Gasteiger partial charge in [0.15, 0.2) is 0 Å². The summed E-state index contributed by atoms with van der Waals surface area (Å²) in [5, 5.41) is 2.79. The van der Waals surface area contributed by atoms with E-state index in [4.69, 9.17) is 5.73 Å². The van der Waals surface area contributed by atoms with E-state index in [2.05, 4.69) is 21.2 Å². The Morgan fingerprint density at radius 2 is 1.90 bits per heavy atom. The lowest BCUT2D eigenvalue weighted by atomic mass is 10.2. The summed E-state index contributed by atoms with van der Waals surface area (Å²) in [6.45, 7) is 3.37. The summed E-state index contributed by atoms with van der Waals surface area (Å²) >= 11 is 3.37. The summed E-state index contributed by atoms with van der Waals surface area (Å²) in [5.41, 5.74) is 6.25. The van der Waals surface area contributed by atoms with Crippen molar-refractivity contribution in [2.45, 2.75) is 19.9 Å². The van der Waals surface area contributed by atoms with Crippen LogP contribution in [-0.4, -0.2) is 36.3 Å². The zero-order valence-corrected chi connectivity index (χ0v) is 13.1. The van der Waals surface area contributed by atoms with Gasteiger partial charge in [-0.3, -0.25) is 14.5 Å². The fraction of sp³-hybridized carbons (Fsp3) is 0.429. The van der Waals surface area contributed by atoms with Crippen LogP contribution in [0.3, 0.4) is 0 Å². The predicted octanol–water partition coefficient (Wildman–Crippen LogP) is 1.26. The van der Waals surface area contributed by atoms with Gasteiger partial charge in [0.05, 0.1) is 13.1 Å². The molecule has 0 heterocycles. The second-order valence-electron chi connectivity index (χ2n) is 4.59. The van der Waals surface area contributed by atoms with Crippen LogP contribution in [0.2, 0.25) is 0 Å². The van der Waals surface area contributed by atoms with Crippen molar-refractivity contribution in [3.8, 4) is 0 Å². The number of amides is 2. The zero-order valence-electron chi connectivity index (χ0n) is 11.6. The molecule has 5 nitrogen and oxygen atoms in total. The monoisotopic (exact) mass is 341 g/mol. The van der Waals surface area contributed by atoms with Crippen molar-refractivity contribution in [3.63, 3.8) is 0 Å². The highest BCUT2D eigenvalue weighted by Gasteiger charge is 2.13. The van der Waals surface area contributed by atoms with Crippen molar-refractivity contribution in [1.82, 2.24) is 10.2 Å². The highest BCUT2D eigenvalue weighted by molar-refractivity contribution is 9.10. The number of primary amides is 1. The number of nitrogens with two attached hydrogens (primary N) is 1. The fourth-order valence-corrected chi connectivity index (χ4v) is 2.02. The zero-order chi connectivity index (χ0) is 15.0. The Morgan fingerprint density at radius 3 is 2.45 bits per heavy atom. The van der Waals surface area contributed by atoms with Gasteiger partial charge in [-0.05, 0) is 24.1 Å². The van der Waals surface area contributed by atoms with Crippen molar-refractivity contribution in [1.29, 1.82) is 0 Å². The Hall–Kier alpha value is -1.40. The van der Waals surface area contributed by atoms with Gasteiger partial charge in [0.2, 0.25) is 11.8 Å². The topological polar surface area (TPSA) is 75.4 Å². The van der Waals surface area contributed by atoms with Gasteiger partial charge in [-0.25, -0.2) is 0 Å². The minimum absolute atomic E-state index is 0.0651. The van der Waals surface area contributed by atoms with Crippen LogP contribution in [0.25, 0.3) is 0 Å². The van der Waals surface area contributed by atoms with E-state index in [-0.39, 0.29) is 19.0 Å². The summed E-state index contributed by atoms with van der Waals surface area (Å²) in [4.78, 5) is 24.5. The second kappa shape index (κ2) is 8.71. The highest BCUT2D eigenvalue weighted by atomic mass is 79.9. The number of rotatable bonds is 8. The van der Waals surface area contributed by atoms with Gasteiger partial charge in [0, 0.05) is 17.6 Å². The van der Waals surface area contributed by atoms with Gasteiger partial charge in [-0.15, -0.1) is 0 Å². The van der Waals surface area contributed by atoms with Crippen molar-refractivity contribution in [3.05, 3.63) is 34.3 Å². The molecule has 1 aromatic rings. The molecule has 0 saturated carbocycles. The molecule has 0 radical (unpaired) electrons. The van der Waals surface area contributed by atoms with Gasteiger partial charge in [0.25, 0.3) is 0 Å². The molecule has 0 aliphatic rings. The maximum absolute atomic E-state index is 11.7. The van der Waals surface area contributed by atoms with Crippen LogP contribution >= 0.6 is 15.9 Å². The summed E-state index contributed by atoms with van der Waals surface area (Å²) in [6, 6.07) is 7.74. The molecule has 1 aromatic carbocycles. The van der Waals surface area contributed by atoms with E-state index < -0.39 is 5.91 Å². The summed E-state index contributed by atoms with van der Waals surface area (Å²) < 4.78 is 0.989. The molecule has 0 aromatic heterocycles. The lowest BCUT2D eigenvalue weighted by Crippen LogP contribution is -2.41. The van der Waals surface area contributed by atoms with E-state index in [1.54, 1.807) is 4.90 Å². The number of halogens is 1. The first-order chi connectivity index (χ1) is 9.51. The molecule has 1 rings (SSSR count). The second-order valence-corrected chi connectivity index (χ2v) is 5.50. The number of benzene rings is 1. The Labute approximate surface area is 127 Å². The molecule has 110 valence electrons. The SMILES string of the molecule is CCCNC(=O)CN(CC(N)=O)Cc1ccc(Br)cc1. The van der Waals surface area contributed by atoms with E-state index in [1.165, 1.54) is 0 Å². The molecule has 2 amide bonds. The molecule has 3 N–H and O–H groups in total. The molecular weight excluding hydrogens is 322 g/mol. The first-order valence-electron chi connectivity index (χ1n) is 6.53. The van der Waals surface area contributed by atoms with E-state index in [0.29, 0.717) is 13.1 Å². The van der Waals surface area contributed by atoms with Crippen LogP contribution in [0.4, 0.5) is 0 Å². The van der Waals surface area contributed by atoms with Crippen molar-refractivity contribution >= 4 is 27.7 Å². The van der Waals surface area contributed by atoms with Crippen LogP contribution in [-0.2, 0) is 16.1 Å². The summed E-state index contributed by atoms with van der Waals surface area (Å²) in [5.74, 6) is -0.532. The average Bonchev–Trinajstić information content (AvgIpc) is 2.38. The standard InChI is InChI=1S/C14H20BrN3O2/c1-2-7-17-14(20)10-18(9-13(16)19)8-11-3-5-12(15)6-4-11/h3-6H,2,7-10H2,1H3,(H2,16,19)(H,17,20). The number of nitrogens with zero attached hydrogens (tertiary/aromatic N) is 1. The minimum Gasteiger partial charge on any atom is -0.369 e. The fourth-order valence-electron chi connectivity index (χ4n) is 1.76. The lowest BCUT2D eigenvalue weighted by molar-refractivity contribution is -0.124. The predicted molar refractivity (Wildman–Crippen MR) is 81.9 cm³/mol. The van der Waals surface area contributed by atoms with E-state index in [0.717, 1.165) is 16.5 Å². The number of nitrogens with one attached hydrogen (secondary N) is 1. The molecule has 0 saturated heterocycles. The Morgan fingerprint density at radius 1 is 1.25 bits per heavy atom. The first-order valence-corrected chi connectivity index (χ1v) is 7.32. The summed E-state index contributed by atoms with van der Waals surface area (Å²) in [6.07, 6.45) is 0.883. The number of hydrogen-bond acceptors (Lipinski definition) is 3. The maximum atomic E-state index is 11.7. The molecule has 20 heavy (non-hydrogen) atoms. The van der Waals surface area contributed by atoms with Gasteiger partial charge >= 0.3 is 0 Å². The number of hydrogen-bond donors (Lipinski definition) is 2. The lowest BCUT2D eigenvalue weighted by Gasteiger charge is -2.20. The number of carbonyl (C=O) groups excluding carboxylic acids is 2. The van der Waals surface area contributed by atoms with Gasteiger partial charge in [-0.1, -0.05) is 35.0 Å². The van der Waals surface area contributed by atoms with Gasteiger partial charge in [0.1, 0.15) is 0 Å². The van der Waals surface area contributed by atoms with E-state index in [9.17, 15) is 9.59 Å². The van der Waals surface area contributed by atoms with Crippen molar-refractivity contribution in [2.24, 2.45) is 5.73 Å². The quantitative estimate of drug-likeness (QED) is 0.747. The minimum atomic E-state index is -0.439. The summed E-state index contributed by atoms with van der Waals surface area (Å²) in [7, 11) is 0. The molecule has 0 aliphatic carbocycles. The van der Waals surface area contributed by atoms with Crippen LogP contribution in [0.15, 0.2) is 28.7 Å². The Bertz CT molecular complexity index is 448. The van der Waals surface area contributed by atoms with E-state index >= 15 is 0 Å². The Balaban J connectivity index is 2.61. The third-order valence-electron chi connectivity index (χ3n) is 2.64. The van der Waals surface area contributed by atoms with Crippen LogP contribution < -0.4 is 11.1 Å². The molecule has 0 unspecified atom stereocenters. The normalized spacial score (nSPS) is 10.6. The highest BCUT2D eigenvalue weighted by Crippen LogP contribution is 2.12. The molecule has 6 heteroatoms. The molecule has 0 fully saturated rings. The third-order valence-corrected chi connectivity index (χ3v) is 3.17. The molecule has 0 atom stereocenters. The van der Waals surface area contributed by atoms with Crippen molar-refractivity contribution in [2.75, 3.05) is 19.6 Å². The molecule has 0 spiro atoms. The van der Waals surface area contributed by atoms with E-state index in [1.807, 2.05) is 31.2 Å². The smallest absolute Gasteiger partial charge is 0.234 e. The van der Waals surface area contributed by atoms with Crippen LogP contribution in [0.1, 0.15) is 18.9 Å². The molecule has 0 aliphatic heterocycles. The van der Waals surface area contributed by atoms with Gasteiger partial charge in [-0.2, -0.15) is 0 Å². The molecule has 0 bridgehead atoms. The Kier molecular flexibility index (Phi) is 7.25. The maximum Gasteiger partial charge on any atom is 0.234 e. The van der Waals surface area contributed by atoms with Gasteiger partial charge < -0.3 is 11.1 Å². The number of carbonyl (C=O) groups is 2.